The van der Waals surface area contributed by atoms with Crippen LogP contribution in [0.25, 0.3) is 0 Å². The van der Waals surface area contributed by atoms with Crippen LogP contribution < -0.4 is 10.6 Å². The Morgan fingerprint density at radius 1 is 1.35 bits per heavy atom. The van der Waals surface area contributed by atoms with E-state index in [1.54, 1.807) is 0 Å². The van der Waals surface area contributed by atoms with Gasteiger partial charge in [-0.15, -0.1) is 0 Å². The van der Waals surface area contributed by atoms with Crippen molar-refractivity contribution in [1.29, 1.82) is 0 Å². The Hall–Kier alpha value is -1.77. The summed E-state index contributed by atoms with van der Waals surface area (Å²) in [4.78, 5) is 18.9. The number of nitrogens with one attached hydrogen (secondary N) is 2. The minimum Gasteiger partial charge on any atom is -0.357 e. The minimum atomic E-state index is -4.41. The topological polar surface area (TPSA) is 60.0 Å². The van der Waals surface area contributed by atoms with Crippen molar-refractivity contribution in [3.8, 4) is 0 Å². The lowest BCUT2D eigenvalue weighted by Crippen LogP contribution is -2.49. The fraction of sp³-hybridized carbons (Fsp3) is 0.765. The fourth-order valence-electron chi connectivity index (χ4n) is 2.76. The Bertz CT molecular complexity index is 499. The molecule has 1 fully saturated rings. The van der Waals surface area contributed by atoms with Gasteiger partial charge in [-0.3, -0.25) is 9.69 Å². The molecule has 1 aliphatic rings. The summed E-state index contributed by atoms with van der Waals surface area (Å²) < 4.78 is 37.0. The number of carbonyl (C=O) groups excluding carboxylic acids is 1. The number of halogens is 3. The molecular formula is C17H30F3N5O. The van der Waals surface area contributed by atoms with Crippen LogP contribution in [0.5, 0.6) is 0 Å². The predicted molar refractivity (Wildman–Crippen MR) is 97.1 cm³/mol. The van der Waals surface area contributed by atoms with Gasteiger partial charge in [-0.2, -0.15) is 13.2 Å². The van der Waals surface area contributed by atoms with Crippen LogP contribution in [0.3, 0.4) is 0 Å². The zero-order chi connectivity index (χ0) is 19.7. The summed E-state index contributed by atoms with van der Waals surface area (Å²) in [5.74, 6) is -0.213. The molecule has 0 radical (unpaired) electrons. The molecule has 150 valence electrons. The second-order valence-electron chi connectivity index (χ2n) is 6.71. The predicted octanol–water partition coefficient (Wildman–Crippen LogP) is 1.60. The summed E-state index contributed by atoms with van der Waals surface area (Å²) in [6, 6.07) is 0.220. The number of rotatable bonds is 7. The Balaban J connectivity index is 2.51. The Labute approximate surface area is 153 Å². The third-order valence-electron chi connectivity index (χ3n) is 3.98. The van der Waals surface area contributed by atoms with Crippen molar-refractivity contribution in [2.45, 2.75) is 38.9 Å². The van der Waals surface area contributed by atoms with Crippen LogP contribution in [0, 0.1) is 0 Å². The Morgan fingerprint density at radius 2 is 1.96 bits per heavy atom. The highest BCUT2D eigenvalue weighted by atomic mass is 19.4. The quantitative estimate of drug-likeness (QED) is 0.402. The van der Waals surface area contributed by atoms with E-state index in [1.165, 1.54) is 0 Å². The van der Waals surface area contributed by atoms with E-state index in [0.717, 1.165) is 45.1 Å². The maximum atomic E-state index is 12.3. The van der Waals surface area contributed by atoms with Gasteiger partial charge in [0.1, 0.15) is 13.1 Å². The third-order valence-corrected chi connectivity index (χ3v) is 3.98. The van der Waals surface area contributed by atoms with E-state index < -0.39 is 18.6 Å². The number of likely N-dealkylation sites (tertiary alicyclic amines) is 1. The molecule has 1 saturated heterocycles. The number of guanidine groups is 1. The third kappa shape index (κ3) is 9.07. The van der Waals surface area contributed by atoms with Crippen molar-refractivity contribution in [3.63, 3.8) is 0 Å². The largest absolute Gasteiger partial charge is 0.406 e. The van der Waals surface area contributed by atoms with Crippen LogP contribution in [-0.2, 0) is 4.79 Å². The van der Waals surface area contributed by atoms with Crippen molar-refractivity contribution in [1.82, 2.24) is 20.4 Å². The number of hydrogen-bond donors (Lipinski definition) is 2. The maximum absolute atomic E-state index is 12.3. The molecular weight excluding hydrogens is 347 g/mol. The lowest BCUT2D eigenvalue weighted by atomic mass is 10.0. The normalized spacial score (nSPS) is 17.1. The second-order valence-corrected chi connectivity index (χ2v) is 6.71. The van der Waals surface area contributed by atoms with Gasteiger partial charge in [0.25, 0.3) is 0 Å². The smallest absolute Gasteiger partial charge is 0.357 e. The van der Waals surface area contributed by atoms with Crippen molar-refractivity contribution < 1.29 is 18.0 Å². The van der Waals surface area contributed by atoms with E-state index >= 15 is 0 Å². The number of aliphatic imine (C=N–C) groups is 1. The number of likely N-dealkylation sites (N-methyl/N-ethyl adjacent to an activating group) is 1. The number of amides is 1. The highest BCUT2D eigenvalue weighted by Crippen LogP contribution is 2.15. The first kappa shape index (κ1) is 22.3. The summed E-state index contributed by atoms with van der Waals surface area (Å²) in [7, 11) is 1.13. The second kappa shape index (κ2) is 10.4. The van der Waals surface area contributed by atoms with Crippen LogP contribution in [0.1, 0.15) is 26.7 Å². The summed E-state index contributed by atoms with van der Waals surface area (Å²) >= 11 is 0. The van der Waals surface area contributed by atoms with E-state index in [-0.39, 0.29) is 12.6 Å². The summed E-state index contributed by atoms with van der Waals surface area (Å²) in [6.45, 7) is 9.61. The number of alkyl halides is 3. The molecule has 0 atom stereocenters. The van der Waals surface area contributed by atoms with E-state index in [4.69, 9.17) is 0 Å². The van der Waals surface area contributed by atoms with Crippen LogP contribution >= 0.6 is 0 Å². The Kier molecular flexibility index (Phi) is 8.91. The summed E-state index contributed by atoms with van der Waals surface area (Å²) in [5, 5.41) is 6.30. The van der Waals surface area contributed by atoms with Crippen LogP contribution in [0.15, 0.2) is 17.1 Å². The monoisotopic (exact) mass is 377 g/mol. The van der Waals surface area contributed by atoms with Gasteiger partial charge in [0.15, 0.2) is 5.96 Å². The zero-order valence-corrected chi connectivity index (χ0v) is 15.8. The average Bonchev–Trinajstić information content (AvgIpc) is 2.52. The van der Waals surface area contributed by atoms with Crippen LogP contribution in [0.2, 0.25) is 0 Å². The van der Waals surface area contributed by atoms with E-state index in [0.29, 0.717) is 17.4 Å². The van der Waals surface area contributed by atoms with Crippen molar-refractivity contribution >= 4 is 11.9 Å². The standard InChI is InChI=1S/C17H30F3N5O/c1-5-21-16(22-10-15(26)24(4)12-17(18,19)20)23-14-6-8-25(9-7-14)11-13(2)3/h14H,2,5-12H2,1,3-4H3,(H2,21,22,23). The molecule has 2 N–H and O–H groups in total. The number of carbonyl (C=O) groups is 1. The zero-order valence-electron chi connectivity index (χ0n) is 15.8. The van der Waals surface area contributed by atoms with Gasteiger partial charge in [-0.1, -0.05) is 12.2 Å². The molecule has 0 spiro atoms. The molecule has 26 heavy (non-hydrogen) atoms. The molecule has 0 aromatic carbocycles. The summed E-state index contributed by atoms with van der Waals surface area (Å²) in [5.41, 5.74) is 1.13. The summed E-state index contributed by atoms with van der Waals surface area (Å²) in [6.07, 6.45) is -2.55. The molecule has 0 unspecified atom stereocenters. The first-order chi connectivity index (χ1) is 12.1. The molecule has 9 heteroatoms. The van der Waals surface area contributed by atoms with Crippen molar-refractivity contribution in [2.75, 3.05) is 46.3 Å². The highest BCUT2D eigenvalue weighted by molar-refractivity contribution is 5.85. The Morgan fingerprint density at radius 3 is 2.46 bits per heavy atom. The molecule has 6 nitrogen and oxygen atoms in total. The molecule has 1 amide bonds. The van der Waals surface area contributed by atoms with Crippen LogP contribution in [-0.4, -0.2) is 80.2 Å². The molecule has 1 heterocycles. The first-order valence-corrected chi connectivity index (χ1v) is 8.83. The SMILES string of the molecule is C=C(C)CN1CCC(NC(=NCC(=O)N(C)CC(F)(F)F)NCC)CC1. The first-order valence-electron chi connectivity index (χ1n) is 8.83. The van der Waals surface area contributed by atoms with Gasteiger partial charge < -0.3 is 15.5 Å². The highest BCUT2D eigenvalue weighted by Gasteiger charge is 2.31. The van der Waals surface area contributed by atoms with Gasteiger partial charge in [0.05, 0.1) is 0 Å². The minimum absolute atomic E-state index is 0.220. The van der Waals surface area contributed by atoms with E-state index in [9.17, 15) is 18.0 Å². The molecule has 0 aromatic rings. The van der Waals surface area contributed by atoms with Gasteiger partial charge in [0.2, 0.25) is 5.91 Å². The van der Waals surface area contributed by atoms with E-state index in [2.05, 4.69) is 27.1 Å². The number of piperidine rings is 1. The molecule has 0 saturated carbocycles. The fourth-order valence-corrected chi connectivity index (χ4v) is 2.76. The maximum Gasteiger partial charge on any atom is 0.406 e. The van der Waals surface area contributed by atoms with Crippen LogP contribution in [0.4, 0.5) is 13.2 Å². The molecule has 0 bridgehead atoms. The lowest BCUT2D eigenvalue weighted by Gasteiger charge is -2.33. The molecule has 1 aliphatic heterocycles. The van der Waals surface area contributed by atoms with E-state index in [1.807, 2.05) is 13.8 Å². The lowest BCUT2D eigenvalue weighted by molar-refractivity contribution is -0.157. The van der Waals surface area contributed by atoms with Crippen molar-refractivity contribution in [2.24, 2.45) is 4.99 Å². The van der Waals surface area contributed by atoms with Gasteiger partial charge in [-0.05, 0) is 26.7 Å². The van der Waals surface area contributed by atoms with Gasteiger partial charge in [0, 0.05) is 39.3 Å². The van der Waals surface area contributed by atoms with Gasteiger partial charge >= 0.3 is 6.18 Å². The number of hydrogen-bond acceptors (Lipinski definition) is 3. The number of nitrogens with zero attached hydrogens (tertiary/aromatic N) is 3. The molecule has 0 aromatic heterocycles. The van der Waals surface area contributed by atoms with Gasteiger partial charge in [-0.25, -0.2) is 4.99 Å². The molecule has 1 rings (SSSR count). The van der Waals surface area contributed by atoms with Crippen molar-refractivity contribution in [3.05, 3.63) is 12.2 Å². The average molecular weight is 377 g/mol. The molecule has 0 aliphatic carbocycles.